The largest absolute Gasteiger partial charge is 0.477 e. The summed E-state index contributed by atoms with van der Waals surface area (Å²) in [4.78, 5) is 14.7. The maximum Gasteiger partial charge on any atom is 0.349 e. The Bertz CT molecular complexity index is 227. The average molecular weight is 190 g/mol. The summed E-state index contributed by atoms with van der Waals surface area (Å²) in [5.74, 6) is -0.263. The Labute approximate surface area is 77.3 Å². The van der Waals surface area contributed by atoms with Crippen LogP contribution in [0.1, 0.15) is 25.7 Å². The van der Waals surface area contributed by atoms with Crippen molar-refractivity contribution in [3.8, 4) is 0 Å². The summed E-state index contributed by atoms with van der Waals surface area (Å²) >= 11 is 0. The SMILES string of the molecule is Cl.O=C(O)C1=NC2CCCC2C1. The summed E-state index contributed by atoms with van der Waals surface area (Å²) in [6, 6.07) is 0.348. The molecule has 1 saturated carbocycles. The van der Waals surface area contributed by atoms with Crippen molar-refractivity contribution in [3.63, 3.8) is 0 Å². The number of fused-ring (bicyclic) bond motifs is 1. The number of hydrogen-bond acceptors (Lipinski definition) is 2. The predicted octanol–water partition coefficient (Wildman–Crippen LogP) is 1.51. The highest BCUT2D eigenvalue weighted by Gasteiger charge is 2.35. The van der Waals surface area contributed by atoms with Gasteiger partial charge >= 0.3 is 5.97 Å². The van der Waals surface area contributed by atoms with E-state index in [1.807, 2.05) is 0 Å². The molecule has 0 saturated heterocycles. The Kier molecular flexibility index (Phi) is 2.73. The van der Waals surface area contributed by atoms with E-state index in [2.05, 4.69) is 4.99 Å². The minimum atomic E-state index is -0.820. The van der Waals surface area contributed by atoms with Crippen molar-refractivity contribution in [1.29, 1.82) is 0 Å². The van der Waals surface area contributed by atoms with Gasteiger partial charge in [-0.2, -0.15) is 0 Å². The maximum absolute atomic E-state index is 10.5. The van der Waals surface area contributed by atoms with Crippen LogP contribution in [-0.4, -0.2) is 22.8 Å². The molecule has 0 radical (unpaired) electrons. The molecule has 0 spiro atoms. The third kappa shape index (κ3) is 1.46. The van der Waals surface area contributed by atoms with Crippen LogP contribution in [0.3, 0.4) is 0 Å². The van der Waals surface area contributed by atoms with E-state index in [1.165, 1.54) is 12.8 Å². The van der Waals surface area contributed by atoms with Crippen LogP contribution in [0.2, 0.25) is 0 Å². The van der Waals surface area contributed by atoms with Gasteiger partial charge in [0.1, 0.15) is 5.71 Å². The summed E-state index contributed by atoms with van der Waals surface area (Å²) in [6.07, 6.45) is 4.21. The van der Waals surface area contributed by atoms with Crippen LogP contribution in [0.5, 0.6) is 0 Å². The van der Waals surface area contributed by atoms with Crippen LogP contribution >= 0.6 is 12.4 Å². The molecule has 4 heteroatoms. The summed E-state index contributed by atoms with van der Waals surface area (Å²) in [5, 5.41) is 8.64. The van der Waals surface area contributed by atoms with E-state index in [0.717, 1.165) is 6.42 Å². The molecule has 68 valence electrons. The monoisotopic (exact) mass is 189 g/mol. The topological polar surface area (TPSA) is 49.7 Å². The molecule has 1 N–H and O–H groups in total. The molecule has 1 aliphatic heterocycles. The van der Waals surface area contributed by atoms with Gasteiger partial charge in [-0.25, -0.2) is 4.79 Å². The number of halogens is 1. The zero-order valence-corrected chi connectivity index (χ0v) is 7.51. The molecular formula is C8H12ClNO2. The van der Waals surface area contributed by atoms with E-state index < -0.39 is 5.97 Å². The van der Waals surface area contributed by atoms with Crippen molar-refractivity contribution < 1.29 is 9.90 Å². The van der Waals surface area contributed by atoms with Gasteiger partial charge in [0, 0.05) is 6.42 Å². The predicted molar refractivity (Wildman–Crippen MR) is 48.1 cm³/mol. The first-order valence-electron chi connectivity index (χ1n) is 4.07. The standard InChI is InChI=1S/C8H11NO2.ClH/c10-8(11)7-4-5-2-1-3-6(5)9-7;/h5-6H,1-4H2,(H,10,11);1H. The molecule has 0 aromatic heterocycles. The lowest BCUT2D eigenvalue weighted by atomic mass is 10.0. The van der Waals surface area contributed by atoms with Crippen LogP contribution in [0.15, 0.2) is 4.99 Å². The lowest BCUT2D eigenvalue weighted by Gasteiger charge is -2.02. The van der Waals surface area contributed by atoms with Crippen molar-refractivity contribution in [2.45, 2.75) is 31.7 Å². The first kappa shape index (κ1) is 9.52. The molecule has 1 fully saturated rings. The summed E-state index contributed by atoms with van der Waals surface area (Å²) in [5.41, 5.74) is 0.403. The van der Waals surface area contributed by atoms with Gasteiger partial charge in [-0.05, 0) is 18.8 Å². The Morgan fingerprint density at radius 1 is 1.50 bits per heavy atom. The van der Waals surface area contributed by atoms with Crippen molar-refractivity contribution >= 4 is 24.1 Å². The highest BCUT2D eigenvalue weighted by atomic mass is 35.5. The number of carboxylic acids is 1. The lowest BCUT2D eigenvalue weighted by Crippen LogP contribution is -2.11. The number of carboxylic acid groups (broad SMARTS) is 1. The van der Waals surface area contributed by atoms with Crippen LogP contribution in [0, 0.1) is 5.92 Å². The minimum absolute atomic E-state index is 0. The molecule has 0 aromatic carbocycles. The van der Waals surface area contributed by atoms with E-state index in [4.69, 9.17) is 5.11 Å². The normalized spacial score (nSPS) is 32.2. The van der Waals surface area contributed by atoms with Gasteiger partial charge in [-0.1, -0.05) is 6.42 Å². The van der Waals surface area contributed by atoms with Crippen molar-refractivity contribution in [2.24, 2.45) is 10.9 Å². The van der Waals surface area contributed by atoms with Gasteiger partial charge in [0.05, 0.1) is 6.04 Å². The van der Waals surface area contributed by atoms with Gasteiger partial charge in [0.25, 0.3) is 0 Å². The number of carbonyl (C=O) groups is 1. The summed E-state index contributed by atoms with van der Waals surface area (Å²) in [6.45, 7) is 0. The molecule has 2 rings (SSSR count). The fourth-order valence-electron chi connectivity index (χ4n) is 2.07. The molecule has 0 bridgehead atoms. The molecular weight excluding hydrogens is 178 g/mol. The van der Waals surface area contributed by atoms with Gasteiger partial charge in [0.15, 0.2) is 0 Å². The van der Waals surface area contributed by atoms with E-state index in [9.17, 15) is 4.79 Å². The molecule has 3 nitrogen and oxygen atoms in total. The van der Waals surface area contributed by atoms with E-state index in [1.54, 1.807) is 0 Å². The second-order valence-corrected chi connectivity index (χ2v) is 3.34. The summed E-state index contributed by atoms with van der Waals surface area (Å²) in [7, 11) is 0. The zero-order chi connectivity index (χ0) is 7.84. The Balaban J connectivity index is 0.000000720. The second kappa shape index (κ2) is 3.44. The fraction of sp³-hybridized carbons (Fsp3) is 0.750. The maximum atomic E-state index is 10.5. The number of aliphatic carboxylic acids is 1. The second-order valence-electron chi connectivity index (χ2n) is 3.34. The molecule has 0 amide bonds. The van der Waals surface area contributed by atoms with Gasteiger partial charge < -0.3 is 5.11 Å². The van der Waals surface area contributed by atoms with Crippen molar-refractivity contribution in [3.05, 3.63) is 0 Å². The van der Waals surface area contributed by atoms with Crippen molar-refractivity contribution in [2.75, 3.05) is 0 Å². The van der Waals surface area contributed by atoms with Gasteiger partial charge in [-0.15, -0.1) is 12.4 Å². The molecule has 2 atom stereocenters. The van der Waals surface area contributed by atoms with E-state index >= 15 is 0 Å². The van der Waals surface area contributed by atoms with Crippen LogP contribution in [0.4, 0.5) is 0 Å². The smallest absolute Gasteiger partial charge is 0.349 e. The number of nitrogens with zero attached hydrogens (tertiary/aromatic N) is 1. The highest BCUT2D eigenvalue weighted by molar-refractivity contribution is 6.36. The molecule has 2 unspecified atom stereocenters. The minimum Gasteiger partial charge on any atom is -0.477 e. The third-order valence-corrected chi connectivity index (χ3v) is 2.64. The molecule has 2 aliphatic rings. The van der Waals surface area contributed by atoms with E-state index in [0.29, 0.717) is 24.1 Å². The molecule has 0 aromatic rings. The lowest BCUT2D eigenvalue weighted by molar-refractivity contribution is -0.129. The third-order valence-electron chi connectivity index (χ3n) is 2.64. The Morgan fingerprint density at radius 3 is 2.83 bits per heavy atom. The Hall–Kier alpha value is -0.570. The van der Waals surface area contributed by atoms with E-state index in [-0.39, 0.29) is 12.4 Å². The molecule has 1 heterocycles. The molecule has 1 aliphatic carbocycles. The number of rotatable bonds is 1. The fourth-order valence-corrected chi connectivity index (χ4v) is 2.07. The number of aliphatic imine (C=N–C) groups is 1. The van der Waals surface area contributed by atoms with Crippen LogP contribution < -0.4 is 0 Å². The van der Waals surface area contributed by atoms with Crippen LogP contribution in [0.25, 0.3) is 0 Å². The highest BCUT2D eigenvalue weighted by Crippen LogP contribution is 2.35. The zero-order valence-electron chi connectivity index (χ0n) is 6.69. The average Bonchev–Trinajstić information content (AvgIpc) is 2.40. The Morgan fingerprint density at radius 2 is 2.25 bits per heavy atom. The first-order valence-corrected chi connectivity index (χ1v) is 4.07. The van der Waals surface area contributed by atoms with Crippen molar-refractivity contribution in [1.82, 2.24) is 0 Å². The molecule has 12 heavy (non-hydrogen) atoms. The van der Waals surface area contributed by atoms with Gasteiger partial charge in [-0.3, -0.25) is 4.99 Å². The van der Waals surface area contributed by atoms with Crippen LogP contribution in [-0.2, 0) is 4.79 Å². The summed E-state index contributed by atoms with van der Waals surface area (Å²) < 4.78 is 0. The quantitative estimate of drug-likeness (QED) is 0.680. The first-order chi connectivity index (χ1) is 5.27. The van der Waals surface area contributed by atoms with Gasteiger partial charge in [0.2, 0.25) is 0 Å². The number of hydrogen-bond donors (Lipinski definition) is 1.